The number of hydrogen-bond donors (Lipinski definition) is 0. The molecular weight excluding hydrogens is 1510 g/mol. The maximum Gasteiger partial charge on any atom is 0.223 e. The number of carbonyl (C=O) groups excluding carboxylic acids is 8. The van der Waals surface area contributed by atoms with Crippen LogP contribution in [0.4, 0.5) is 0 Å². The molecule has 8 aliphatic carbocycles. The van der Waals surface area contributed by atoms with E-state index < -0.39 is 0 Å². The normalized spacial score (nSPS) is 19.8. The van der Waals surface area contributed by atoms with Crippen LogP contribution in [-0.2, 0) is 43.1 Å². The van der Waals surface area contributed by atoms with Crippen LogP contribution >= 0.6 is 35.3 Å². The third-order valence-corrected chi connectivity index (χ3v) is 24.0. The third kappa shape index (κ3) is 33.5. The van der Waals surface area contributed by atoms with E-state index in [1.54, 1.807) is 7.11 Å². The summed E-state index contributed by atoms with van der Waals surface area (Å²) >= 11 is 4.48. The molecule has 0 fully saturated rings. The van der Waals surface area contributed by atoms with Gasteiger partial charge in [-0.25, -0.2) is 0 Å². The first-order valence-corrected chi connectivity index (χ1v) is 47.4. The van der Waals surface area contributed by atoms with Gasteiger partial charge in [0.1, 0.15) is 0 Å². The van der Waals surface area contributed by atoms with Gasteiger partial charge in [0.15, 0.2) is 46.2 Å². The van der Waals surface area contributed by atoms with Crippen molar-refractivity contribution in [2.75, 3.05) is 25.9 Å². The molecule has 0 aromatic rings. The Balaban J connectivity index is 0.000000285. The number of hydrogen-bond acceptors (Lipinski definition) is 12. The highest BCUT2D eigenvalue weighted by Crippen LogP contribution is 2.38. The number of methoxy groups -OCH3 is 1. The lowest BCUT2D eigenvalue weighted by atomic mass is 9.78. The third-order valence-electron chi connectivity index (χ3n) is 21.7. The first-order valence-electron chi connectivity index (χ1n) is 43.7. The second kappa shape index (κ2) is 52.2. The van der Waals surface area contributed by atoms with E-state index in [1.165, 1.54) is 157 Å². The lowest BCUT2D eigenvalue weighted by Gasteiger charge is -2.25. The molecule has 0 saturated heterocycles. The molecule has 8 rings (SSSR count). The molecule has 8 aliphatic rings. The highest BCUT2D eigenvalue weighted by atomic mass is 32.2. The Kier molecular flexibility index (Phi) is 44.5. The van der Waals surface area contributed by atoms with E-state index in [-0.39, 0.29) is 57.1 Å². The second-order valence-corrected chi connectivity index (χ2v) is 36.7. The van der Waals surface area contributed by atoms with Crippen LogP contribution in [0.25, 0.3) is 0 Å². The van der Waals surface area contributed by atoms with Gasteiger partial charge in [-0.15, -0.1) is 35.3 Å². The van der Waals surface area contributed by atoms with Crippen molar-refractivity contribution in [1.82, 2.24) is 0 Å². The van der Waals surface area contributed by atoms with Gasteiger partial charge in [-0.05, 0) is 298 Å². The van der Waals surface area contributed by atoms with Gasteiger partial charge in [0.25, 0.3) is 0 Å². The lowest BCUT2D eigenvalue weighted by Crippen LogP contribution is -2.21. The van der Waals surface area contributed by atoms with Crippen LogP contribution in [-0.4, -0.2) is 72.1 Å². The summed E-state index contributed by atoms with van der Waals surface area (Å²) < 4.78 is 5.38. The molecule has 0 aromatic heterocycles. The van der Waals surface area contributed by atoms with Gasteiger partial charge in [0.2, 0.25) is 5.78 Å². The topological polar surface area (TPSA) is 146 Å². The quantitative estimate of drug-likeness (QED) is 0.0550. The van der Waals surface area contributed by atoms with E-state index in [0.29, 0.717) is 5.76 Å². The molecule has 12 heteroatoms. The largest absolute Gasteiger partial charge is 0.493 e. The summed E-state index contributed by atoms with van der Waals surface area (Å²) in [5, 5.41) is 0. The van der Waals surface area contributed by atoms with Gasteiger partial charge in [-0.2, -0.15) is 0 Å². The minimum absolute atomic E-state index is 0.00554. The molecule has 0 amide bonds. The SMILES string of the molecule is CCCCCCCCC1=C/C(=C\C=C2/C=C(CCCCCCCC)C(=O)C(OC)=C2)C=C(C)C1=O.CCCCCCCCC1=C/C(=C\C=C2/C=C(CCCCCCCC)C(=O)C(SC)=C2)C=C(C)C1=O.CSC1=C/C(=C/C=C2/C=C(C)C(=O)C(C(C)(C)C)=C2)C=C(C(C)(C)C)C1=O.CSC1=C/C(=C/C=C2C=C(C)C(=O)C(C)=C2)C=C(C)C1=O. The van der Waals surface area contributed by atoms with Gasteiger partial charge in [0, 0.05) is 33.4 Å². The Morgan fingerprint density at radius 1 is 0.254 bits per heavy atom. The molecule has 0 radical (unpaired) electrons. The van der Waals surface area contributed by atoms with Crippen LogP contribution in [0.15, 0.2) is 278 Å². The highest BCUT2D eigenvalue weighted by Gasteiger charge is 2.31. The molecule has 9 nitrogen and oxygen atoms in total. The first kappa shape index (κ1) is 101. The zero-order chi connectivity index (χ0) is 87.1. The number of rotatable bonds is 36. The fourth-order valence-electron chi connectivity index (χ4n) is 14.7. The first-order chi connectivity index (χ1) is 56.2. The Bertz CT molecular complexity index is 4330. The minimum Gasteiger partial charge on any atom is -0.493 e. The van der Waals surface area contributed by atoms with Crippen molar-refractivity contribution in [2.45, 2.75) is 291 Å². The molecule has 636 valence electrons. The molecule has 0 atom stereocenters. The predicted octanol–water partition coefficient (Wildman–Crippen LogP) is 28.6. The van der Waals surface area contributed by atoms with E-state index in [1.807, 2.05) is 182 Å². The number of Topliss-reactive ketones (excluding diaryl/α,β-unsaturated/α-hetero) is 8. The fraction of sp³-hybridized carbons (Fsp3) is 0.472. The van der Waals surface area contributed by atoms with Crippen LogP contribution in [0.1, 0.15) is 291 Å². The average molecular weight is 1650 g/mol. The zero-order valence-corrected chi connectivity index (χ0v) is 78.0. The van der Waals surface area contributed by atoms with Crippen LogP contribution in [0, 0.1) is 10.8 Å². The molecule has 0 heterocycles. The summed E-state index contributed by atoms with van der Waals surface area (Å²) in [6.07, 6.45) is 86.1. The van der Waals surface area contributed by atoms with Crippen LogP contribution in [0.3, 0.4) is 0 Å². The van der Waals surface area contributed by atoms with Crippen molar-refractivity contribution in [3.63, 3.8) is 0 Å². The summed E-state index contributed by atoms with van der Waals surface area (Å²) in [5.74, 6) is 1.41. The molecule has 0 aliphatic heterocycles. The molecule has 0 spiro atoms. The van der Waals surface area contributed by atoms with E-state index in [4.69, 9.17) is 4.74 Å². The highest BCUT2D eigenvalue weighted by molar-refractivity contribution is 8.03. The minimum atomic E-state index is -0.203. The zero-order valence-electron chi connectivity index (χ0n) is 75.6. The molecular formula is C106H140O9S3. The number of allylic oxidation sites excluding steroid dienone is 47. The van der Waals surface area contributed by atoms with Crippen LogP contribution < -0.4 is 0 Å². The summed E-state index contributed by atoms with van der Waals surface area (Å²) in [6, 6.07) is 0. The summed E-state index contributed by atoms with van der Waals surface area (Å²) in [5.41, 5.74) is 17.6. The molecule has 0 aromatic carbocycles. The summed E-state index contributed by atoms with van der Waals surface area (Å²) in [6.45, 7) is 32.5. The predicted molar refractivity (Wildman–Crippen MR) is 507 cm³/mol. The smallest absolute Gasteiger partial charge is 0.223 e. The van der Waals surface area contributed by atoms with Crippen molar-refractivity contribution >= 4 is 81.6 Å². The van der Waals surface area contributed by atoms with Gasteiger partial charge in [-0.1, -0.05) is 246 Å². The van der Waals surface area contributed by atoms with Crippen molar-refractivity contribution < 1.29 is 43.1 Å². The summed E-state index contributed by atoms with van der Waals surface area (Å²) in [7, 11) is 1.56. The van der Waals surface area contributed by atoms with Crippen molar-refractivity contribution in [2.24, 2.45) is 10.8 Å². The Morgan fingerprint density at radius 3 is 0.814 bits per heavy atom. The van der Waals surface area contributed by atoms with Gasteiger partial charge < -0.3 is 4.74 Å². The molecule has 0 unspecified atom stereocenters. The maximum absolute atomic E-state index is 12.8. The Morgan fingerprint density at radius 2 is 0.483 bits per heavy atom. The van der Waals surface area contributed by atoms with Crippen LogP contribution in [0.5, 0.6) is 0 Å². The standard InChI is InChI=1S/C32H46O3.C32H46O2S.C24H30O2S.C18H18O2S/c2*1-5-7-9-11-13-15-17-28-22-26(21-25(3)31(28)33)19-20-27-23-29(32(34)30(24-27)35-4)18-16-14-12-10-8-6-2;1-15-11-16(12-18(21(15)25)23(2,3)4)9-10-17-13-19(24(5,6)7)22(26)20(14-17)27-8;1-11-7-14(8-12(2)17(11)19)5-6-15-9-13(3)18(20)16(10-15)21-4/h2*19-24H,5-18H2,1-4H3;9-14H,1-8H3;5-10H,1-4H3/b2*26-19-,27-20+;16-9-,17-10+;15-6+. The van der Waals surface area contributed by atoms with Crippen molar-refractivity contribution in [3.05, 3.63) is 278 Å². The van der Waals surface area contributed by atoms with E-state index in [0.717, 1.165) is 184 Å². The number of ketones is 8. The monoisotopic (exact) mass is 1650 g/mol. The molecule has 0 bridgehead atoms. The van der Waals surface area contributed by atoms with Crippen molar-refractivity contribution in [3.8, 4) is 0 Å². The molecule has 118 heavy (non-hydrogen) atoms. The average Bonchev–Trinajstić information content (AvgIpc) is 0.801. The molecule has 0 N–H and O–H groups in total. The number of unbranched alkanes of at least 4 members (excludes halogenated alkanes) is 20. The van der Waals surface area contributed by atoms with E-state index in [2.05, 4.69) is 93.5 Å². The lowest BCUT2D eigenvalue weighted by molar-refractivity contribution is -0.115. The fourth-order valence-corrected chi connectivity index (χ4v) is 16.4. The number of carbonyl (C=O) groups is 8. The van der Waals surface area contributed by atoms with Gasteiger partial charge in [-0.3, -0.25) is 38.4 Å². The maximum atomic E-state index is 12.8. The number of ether oxygens (including phenoxy) is 1. The Labute approximate surface area is 724 Å². The van der Waals surface area contributed by atoms with Crippen molar-refractivity contribution in [1.29, 1.82) is 0 Å². The number of thioether (sulfide) groups is 3. The van der Waals surface area contributed by atoms with Gasteiger partial charge in [0.05, 0.1) is 21.8 Å². The Hall–Kier alpha value is -8.03. The van der Waals surface area contributed by atoms with E-state index >= 15 is 0 Å². The van der Waals surface area contributed by atoms with Crippen LogP contribution in [0.2, 0.25) is 0 Å². The molecule has 0 saturated carbocycles. The van der Waals surface area contributed by atoms with E-state index in [9.17, 15) is 38.4 Å². The summed E-state index contributed by atoms with van der Waals surface area (Å²) in [4.78, 5) is 102. The van der Waals surface area contributed by atoms with Gasteiger partial charge >= 0.3 is 0 Å². The second-order valence-electron chi connectivity index (χ2n) is 34.1.